The number of anilines is 2. The first-order valence-electron chi connectivity index (χ1n) is 5.47. The number of nitrogens with two attached hydrogens (primary N) is 1. The standard InChI is InChI=1S/C13H9ClN2OS2/c14-8-2-1-3-9-10(8)11(15)12(19-9)13(17)16-7-4-5-18-6-7/h1-6H,15H2,(H,16,17). The number of hydrogen-bond acceptors (Lipinski definition) is 4. The molecule has 2 aromatic heterocycles. The SMILES string of the molecule is Nc1c(C(=O)Nc2ccsc2)sc2cccc(Cl)c12. The van der Waals surface area contributed by atoms with Gasteiger partial charge in [0.2, 0.25) is 0 Å². The van der Waals surface area contributed by atoms with E-state index in [-0.39, 0.29) is 5.91 Å². The molecule has 96 valence electrons. The maximum Gasteiger partial charge on any atom is 0.267 e. The van der Waals surface area contributed by atoms with Crippen molar-refractivity contribution in [3.05, 3.63) is 44.9 Å². The largest absolute Gasteiger partial charge is 0.397 e. The van der Waals surface area contributed by atoms with Crippen molar-refractivity contribution in [2.24, 2.45) is 0 Å². The predicted octanol–water partition coefficient (Wildman–Crippen LogP) is 4.45. The summed E-state index contributed by atoms with van der Waals surface area (Å²) >= 11 is 8.99. The molecule has 3 N–H and O–H groups in total. The number of benzene rings is 1. The van der Waals surface area contributed by atoms with Crippen molar-refractivity contribution in [2.45, 2.75) is 0 Å². The zero-order valence-electron chi connectivity index (χ0n) is 9.64. The zero-order valence-corrected chi connectivity index (χ0v) is 12.0. The van der Waals surface area contributed by atoms with Crippen LogP contribution in [0.4, 0.5) is 11.4 Å². The third-order valence-electron chi connectivity index (χ3n) is 2.69. The van der Waals surface area contributed by atoms with Gasteiger partial charge < -0.3 is 11.1 Å². The van der Waals surface area contributed by atoms with Crippen LogP contribution in [0.2, 0.25) is 5.02 Å². The van der Waals surface area contributed by atoms with Gasteiger partial charge in [0, 0.05) is 15.5 Å². The summed E-state index contributed by atoms with van der Waals surface area (Å²) in [4.78, 5) is 12.7. The number of hydrogen-bond donors (Lipinski definition) is 2. The van der Waals surface area contributed by atoms with Crippen molar-refractivity contribution in [2.75, 3.05) is 11.1 Å². The maximum absolute atomic E-state index is 12.2. The second-order valence-corrected chi connectivity index (χ2v) is 6.16. The Hall–Kier alpha value is -1.56. The molecule has 1 amide bonds. The van der Waals surface area contributed by atoms with Crippen LogP contribution in [0.15, 0.2) is 35.0 Å². The lowest BCUT2D eigenvalue weighted by Crippen LogP contribution is -2.11. The molecule has 0 aliphatic heterocycles. The number of halogens is 1. The van der Waals surface area contributed by atoms with E-state index >= 15 is 0 Å². The highest BCUT2D eigenvalue weighted by atomic mass is 35.5. The van der Waals surface area contributed by atoms with Crippen molar-refractivity contribution in [1.29, 1.82) is 0 Å². The average molecular weight is 309 g/mol. The highest BCUT2D eigenvalue weighted by Crippen LogP contribution is 2.38. The van der Waals surface area contributed by atoms with E-state index in [1.54, 1.807) is 6.07 Å². The van der Waals surface area contributed by atoms with Gasteiger partial charge in [-0.1, -0.05) is 17.7 Å². The third-order valence-corrected chi connectivity index (χ3v) is 4.85. The van der Waals surface area contributed by atoms with E-state index in [1.165, 1.54) is 22.7 Å². The Morgan fingerprint density at radius 1 is 1.32 bits per heavy atom. The van der Waals surface area contributed by atoms with Crippen LogP contribution in [0.3, 0.4) is 0 Å². The molecule has 0 spiro atoms. The molecule has 1 aromatic carbocycles. The molecule has 0 aliphatic rings. The fraction of sp³-hybridized carbons (Fsp3) is 0. The summed E-state index contributed by atoms with van der Waals surface area (Å²) < 4.78 is 0.917. The summed E-state index contributed by atoms with van der Waals surface area (Å²) in [5, 5.41) is 7.92. The predicted molar refractivity (Wildman–Crippen MR) is 83.5 cm³/mol. The van der Waals surface area contributed by atoms with Gasteiger partial charge in [0.05, 0.1) is 16.4 Å². The van der Waals surface area contributed by atoms with Gasteiger partial charge in [-0.05, 0) is 23.6 Å². The fourth-order valence-electron chi connectivity index (χ4n) is 1.82. The first-order chi connectivity index (χ1) is 9.16. The van der Waals surface area contributed by atoms with E-state index in [4.69, 9.17) is 17.3 Å². The molecule has 0 saturated heterocycles. The average Bonchev–Trinajstić information content (AvgIpc) is 2.98. The van der Waals surface area contributed by atoms with Gasteiger partial charge in [0.25, 0.3) is 5.91 Å². The van der Waals surface area contributed by atoms with Gasteiger partial charge in [0.15, 0.2) is 0 Å². The van der Waals surface area contributed by atoms with Crippen molar-refractivity contribution < 1.29 is 4.79 Å². The van der Waals surface area contributed by atoms with E-state index in [2.05, 4.69) is 5.32 Å². The summed E-state index contributed by atoms with van der Waals surface area (Å²) in [6.45, 7) is 0. The molecule has 3 nitrogen and oxygen atoms in total. The van der Waals surface area contributed by atoms with Crippen LogP contribution in [0.25, 0.3) is 10.1 Å². The lowest BCUT2D eigenvalue weighted by molar-refractivity contribution is 0.103. The first-order valence-corrected chi connectivity index (χ1v) is 7.60. The van der Waals surface area contributed by atoms with E-state index in [0.717, 1.165) is 15.8 Å². The lowest BCUT2D eigenvalue weighted by atomic mass is 10.2. The smallest absolute Gasteiger partial charge is 0.267 e. The Labute approximate surface area is 122 Å². The number of carbonyl (C=O) groups is 1. The van der Waals surface area contributed by atoms with Crippen LogP contribution >= 0.6 is 34.3 Å². The summed E-state index contributed by atoms with van der Waals surface area (Å²) in [5.41, 5.74) is 7.26. The Kier molecular flexibility index (Phi) is 3.18. The van der Waals surface area contributed by atoms with Crippen LogP contribution in [-0.4, -0.2) is 5.91 Å². The monoisotopic (exact) mass is 308 g/mol. The highest BCUT2D eigenvalue weighted by Gasteiger charge is 2.18. The highest BCUT2D eigenvalue weighted by molar-refractivity contribution is 7.21. The van der Waals surface area contributed by atoms with Gasteiger partial charge in [-0.2, -0.15) is 11.3 Å². The van der Waals surface area contributed by atoms with Crippen LogP contribution in [0.1, 0.15) is 9.67 Å². The lowest BCUT2D eigenvalue weighted by Gasteiger charge is -2.01. The van der Waals surface area contributed by atoms with Crippen molar-refractivity contribution in [1.82, 2.24) is 0 Å². The minimum Gasteiger partial charge on any atom is -0.397 e. The number of nitrogen functional groups attached to an aromatic ring is 1. The number of fused-ring (bicyclic) bond motifs is 1. The molecule has 3 rings (SSSR count). The molecule has 0 unspecified atom stereocenters. The number of amides is 1. The minimum atomic E-state index is -0.201. The van der Waals surface area contributed by atoms with Crippen molar-refractivity contribution in [3.63, 3.8) is 0 Å². The van der Waals surface area contributed by atoms with Gasteiger partial charge in [-0.25, -0.2) is 0 Å². The molecular formula is C13H9ClN2OS2. The Bertz CT molecular complexity index is 749. The normalized spacial score (nSPS) is 10.8. The molecule has 0 radical (unpaired) electrons. The van der Waals surface area contributed by atoms with Crippen LogP contribution in [-0.2, 0) is 0 Å². The van der Waals surface area contributed by atoms with Gasteiger partial charge in [0.1, 0.15) is 4.88 Å². The molecule has 0 aliphatic carbocycles. The van der Waals surface area contributed by atoms with Gasteiger partial charge >= 0.3 is 0 Å². The molecule has 0 atom stereocenters. The molecule has 6 heteroatoms. The Morgan fingerprint density at radius 2 is 2.16 bits per heavy atom. The maximum atomic E-state index is 12.2. The molecule has 3 aromatic rings. The van der Waals surface area contributed by atoms with E-state index in [0.29, 0.717) is 15.6 Å². The van der Waals surface area contributed by atoms with Crippen molar-refractivity contribution in [3.8, 4) is 0 Å². The van der Waals surface area contributed by atoms with Crippen LogP contribution in [0.5, 0.6) is 0 Å². The molecule has 0 bridgehead atoms. The molecule has 19 heavy (non-hydrogen) atoms. The molecular weight excluding hydrogens is 300 g/mol. The first kappa shape index (κ1) is 12.5. The zero-order chi connectivity index (χ0) is 13.4. The number of carbonyl (C=O) groups excluding carboxylic acids is 1. The molecule has 0 fully saturated rings. The van der Waals surface area contributed by atoms with Crippen LogP contribution in [0, 0.1) is 0 Å². The Morgan fingerprint density at radius 3 is 2.84 bits per heavy atom. The number of thiophene rings is 2. The third kappa shape index (κ3) is 2.20. The second kappa shape index (κ2) is 4.85. The van der Waals surface area contributed by atoms with E-state index in [9.17, 15) is 4.79 Å². The van der Waals surface area contributed by atoms with Gasteiger partial charge in [-0.3, -0.25) is 4.79 Å². The number of rotatable bonds is 2. The van der Waals surface area contributed by atoms with Crippen LogP contribution < -0.4 is 11.1 Å². The molecule has 0 saturated carbocycles. The van der Waals surface area contributed by atoms with E-state index in [1.807, 2.05) is 29.0 Å². The minimum absolute atomic E-state index is 0.201. The van der Waals surface area contributed by atoms with Crippen molar-refractivity contribution >= 4 is 61.6 Å². The fourth-order valence-corrected chi connectivity index (χ4v) is 3.79. The summed E-state index contributed by atoms with van der Waals surface area (Å²) in [5.74, 6) is -0.201. The summed E-state index contributed by atoms with van der Waals surface area (Å²) in [6, 6.07) is 7.37. The topological polar surface area (TPSA) is 55.1 Å². The van der Waals surface area contributed by atoms with E-state index < -0.39 is 0 Å². The van der Waals surface area contributed by atoms with Gasteiger partial charge in [-0.15, -0.1) is 11.3 Å². The summed E-state index contributed by atoms with van der Waals surface area (Å²) in [6.07, 6.45) is 0. The number of nitrogens with one attached hydrogen (secondary N) is 1. The second-order valence-electron chi connectivity index (χ2n) is 3.92. The quantitative estimate of drug-likeness (QED) is 0.735. The molecule has 2 heterocycles. The Balaban J connectivity index is 2.03. The summed E-state index contributed by atoms with van der Waals surface area (Å²) in [7, 11) is 0.